The number of carbonyl (C=O) groups is 1. The van der Waals surface area contributed by atoms with Crippen molar-refractivity contribution < 1.29 is 22.7 Å². The lowest BCUT2D eigenvalue weighted by Crippen LogP contribution is -2.41. The Morgan fingerprint density at radius 3 is 2.43 bits per heavy atom. The van der Waals surface area contributed by atoms with Crippen molar-refractivity contribution >= 4 is 69.1 Å². The zero-order valence-corrected chi connectivity index (χ0v) is 27.2. The molecular formula is C33H23Cl3F3N3O3S. The maximum atomic E-state index is 14.5. The summed E-state index contributed by atoms with van der Waals surface area (Å²) >= 11 is 19.3. The van der Waals surface area contributed by atoms with Crippen molar-refractivity contribution in [2.45, 2.75) is 32.6 Å². The van der Waals surface area contributed by atoms with Crippen LogP contribution in [0, 0.1) is 6.92 Å². The Labute approximate surface area is 279 Å². The van der Waals surface area contributed by atoms with Crippen molar-refractivity contribution in [1.29, 1.82) is 0 Å². The van der Waals surface area contributed by atoms with Crippen LogP contribution in [-0.4, -0.2) is 27.9 Å². The molecule has 1 atom stereocenters. The Bertz CT molecular complexity index is 2240. The zero-order chi connectivity index (χ0) is 32.9. The fraction of sp³-hybridized carbons (Fsp3) is 0.182. The molecule has 3 heterocycles. The van der Waals surface area contributed by atoms with Gasteiger partial charge in [0.1, 0.15) is 0 Å². The molecule has 1 aliphatic heterocycles. The minimum absolute atomic E-state index is 0.143. The molecule has 0 fully saturated rings. The second-order valence-corrected chi connectivity index (χ2v) is 12.7. The number of halogens is 6. The minimum Gasteiger partial charge on any atom is -0.463 e. The number of alkyl halides is 3. The van der Waals surface area contributed by atoms with E-state index in [1.54, 1.807) is 18.2 Å². The molecule has 236 valence electrons. The molecule has 6 nitrogen and oxygen atoms in total. The van der Waals surface area contributed by atoms with E-state index in [1.807, 2.05) is 37.3 Å². The minimum atomic E-state index is -5.00. The Morgan fingerprint density at radius 2 is 1.76 bits per heavy atom. The van der Waals surface area contributed by atoms with Gasteiger partial charge >= 0.3 is 12.1 Å². The first-order valence-electron chi connectivity index (χ1n) is 14.0. The number of aromatic nitrogens is 2. The highest BCUT2D eigenvalue weighted by Gasteiger charge is 2.45. The Kier molecular flexibility index (Phi) is 8.67. The summed E-state index contributed by atoms with van der Waals surface area (Å²) < 4.78 is 51.8. The number of allylic oxidation sites excluding steroid dienone is 1. The molecule has 2 aromatic heterocycles. The summed E-state index contributed by atoms with van der Waals surface area (Å²) in [6.45, 7) is 3.67. The third-order valence-electron chi connectivity index (χ3n) is 7.66. The summed E-state index contributed by atoms with van der Waals surface area (Å²) in [6, 6.07) is 17.5. The molecule has 3 aromatic carbocycles. The number of rotatable bonds is 6. The van der Waals surface area contributed by atoms with Crippen LogP contribution in [0.15, 0.2) is 87.8 Å². The predicted octanol–water partition coefficient (Wildman–Crippen LogP) is 7.61. The maximum absolute atomic E-state index is 14.5. The molecule has 0 saturated carbocycles. The van der Waals surface area contributed by atoms with Gasteiger partial charge in [0.15, 0.2) is 10.5 Å². The zero-order valence-electron chi connectivity index (χ0n) is 24.2. The number of para-hydroxylation sites is 1. The number of fused-ring (bicyclic) bond motifs is 2. The van der Waals surface area contributed by atoms with Gasteiger partial charge in [0, 0.05) is 33.7 Å². The van der Waals surface area contributed by atoms with Crippen molar-refractivity contribution in [2.75, 3.05) is 6.61 Å². The Balaban J connectivity index is 1.59. The van der Waals surface area contributed by atoms with Gasteiger partial charge < -0.3 is 9.30 Å². The summed E-state index contributed by atoms with van der Waals surface area (Å²) in [7, 11) is 0. The number of carbonyl (C=O) groups excluding carboxylic acids is 1. The molecule has 5 aromatic rings. The van der Waals surface area contributed by atoms with Crippen LogP contribution >= 0.6 is 46.1 Å². The number of thiazole rings is 1. The van der Waals surface area contributed by atoms with Gasteiger partial charge in [-0.15, -0.1) is 0 Å². The first-order valence-corrected chi connectivity index (χ1v) is 15.9. The average Bonchev–Trinajstić information content (AvgIpc) is 3.47. The van der Waals surface area contributed by atoms with Crippen molar-refractivity contribution in [1.82, 2.24) is 9.13 Å². The van der Waals surface area contributed by atoms with E-state index in [2.05, 4.69) is 9.56 Å². The second kappa shape index (κ2) is 12.4. The van der Waals surface area contributed by atoms with E-state index in [0.29, 0.717) is 27.2 Å². The Morgan fingerprint density at radius 1 is 1.04 bits per heavy atom. The van der Waals surface area contributed by atoms with Crippen LogP contribution in [0.1, 0.15) is 35.3 Å². The van der Waals surface area contributed by atoms with Crippen LogP contribution in [0.25, 0.3) is 17.0 Å². The molecular weight excluding hydrogens is 682 g/mol. The van der Waals surface area contributed by atoms with Gasteiger partial charge in [0.2, 0.25) is 0 Å². The van der Waals surface area contributed by atoms with Crippen LogP contribution < -0.4 is 14.9 Å². The van der Waals surface area contributed by atoms with Gasteiger partial charge in [-0.3, -0.25) is 9.36 Å². The van der Waals surface area contributed by atoms with Gasteiger partial charge in [0.05, 0.1) is 32.8 Å². The van der Waals surface area contributed by atoms with E-state index in [0.717, 1.165) is 38.1 Å². The van der Waals surface area contributed by atoms with Crippen LogP contribution in [0.3, 0.4) is 0 Å². The smallest absolute Gasteiger partial charge is 0.434 e. The summed E-state index contributed by atoms with van der Waals surface area (Å²) in [5, 5.41) is 2.03. The van der Waals surface area contributed by atoms with Crippen LogP contribution in [0.2, 0.25) is 15.1 Å². The second-order valence-electron chi connectivity index (χ2n) is 10.5. The first kappa shape index (κ1) is 32.1. The average molecular weight is 705 g/mol. The predicted molar refractivity (Wildman–Crippen MR) is 174 cm³/mol. The lowest BCUT2D eigenvalue weighted by atomic mass is 9.95. The quantitative estimate of drug-likeness (QED) is 0.171. The molecule has 0 bridgehead atoms. The molecule has 0 unspecified atom stereocenters. The number of ether oxygens (including phenoxy) is 1. The van der Waals surface area contributed by atoms with Crippen molar-refractivity contribution in [3.05, 3.63) is 135 Å². The highest BCUT2D eigenvalue weighted by Crippen LogP contribution is 2.38. The van der Waals surface area contributed by atoms with Crippen molar-refractivity contribution in [3.63, 3.8) is 0 Å². The maximum Gasteiger partial charge on any atom is 0.434 e. The first-order chi connectivity index (χ1) is 21.9. The number of esters is 1. The lowest BCUT2D eigenvalue weighted by molar-refractivity contribution is -0.140. The number of hydrogen-bond donors (Lipinski definition) is 0. The van der Waals surface area contributed by atoms with Gasteiger partial charge in [-0.25, -0.2) is 9.79 Å². The monoisotopic (exact) mass is 703 g/mol. The molecule has 0 spiro atoms. The summed E-state index contributed by atoms with van der Waals surface area (Å²) in [5.41, 5.74) is 0.767. The summed E-state index contributed by atoms with van der Waals surface area (Å²) in [4.78, 5) is 30.9. The van der Waals surface area contributed by atoms with Crippen LogP contribution in [-0.2, 0) is 16.1 Å². The van der Waals surface area contributed by atoms with E-state index in [-0.39, 0.29) is 21.5 Å². The highest BCUT2D eigenvalue weighted by molar-refractivity contribution is 7.07. The molecule has 1 aliphatic rings. The molecule has 0 N–H and O–H groups in total. The van der Waals surface area contributed by atoms with E-state index in [9.17, 15) is 22.8 Å². The SMILES string of the molecule is CCOC(=O)C1=C(C(F)(F)F)N=c2s/c(=C\c3c(C)n(Cc4ccc(Cl)c(Cl)c4)c4ccccc34)c(=O)n2[C@@H]1c1ccc(Cl)cc1. The molecule has 0 radical (unpaired) electrons. The van der Waals surface area contributed by atoms with E-state index in [4.69, 9.17) is 39.5 Å². The fourth-order valence-corrected chi connectivity index (χ4v) is 7.03. The van der Waals surface area contributed by atoms with Gasteiger partial charge in [-0.2, -0.15) is 13.2 Å². The van der Waals surface area contributed by atoms with Crippen LogP contribution in [0.4, 0.5) is 13.2 Å². The van der Waals surface area contributed by atoms with Crippen LogP contribution in [0.5, 0.6) is 0 Å². The van der Waals surface area contributed by atoms with Crippen molar-refractivity contribution in [3.8, 4) is 0 Å². The van der Waals surface area contributed by atoms with Crippen molar-refractivity contribution in [2.24, 2.45) is 4.99 Å². The molecule has 46 heavy (non-hydrogen) atoms. The van der Waals surface area contributed by atoms with E-state index in [1.165, 1.54) is 31.2 Å². The van der Waals surface area contributed by atoms with E-state index >= 15 is 0 Å². The van der Waals surface area contributed by atoms with Gasteiger partial charge in [-0.1, -0.05) is 82.5 Å². The summed E-state index contributed by atoms with van der Waals surface area (Å²) in [5.74, 6) is -1.21. The third-order valence-corrected chi connectivity index (χ3v) is 9.63. The van der Waals surface area contributed by atoms with Gasteiger partial charge in [0.25, 0.3) is 5.56 Å². The summed E-state index contributed by atoms with van der Waals surface area (Å²) in [6.07, 6.45) is -3.34. The number of hydrogen-bond acceptors (Lipinski definition) is 5. The van der Waals surface area contributed by atoms with E-state index < -0.39 is 35.0 Å². The topological polar surface area (TPSA) is 65.6 Å². The lowest BCUT2D eigenvalue weighted by Gasteiger charge is -2.26. The normalized spacial score (nSPS) is 15.3. The van der Waals surface area contributed by atoms with Gasteiger partial charge in [-0.05, 0) is 61.4 Å². The molecule has 0 aliphatic carbocycles. The largest absolute Gasteiger partial charge is 0.463 e. The standard InChI is InChI=1S/C33H23Cl3F3N3O3S/c1-3-45-31(44)27-28(19-9-11-20(34)12-10-19)42-30(43)26(46-32(42)40-29(27)33(37,38)39)15-22-17(2)41(25-7-5-4-6-21(22)25)16-18-8-13-23(35)24(36)14-18/h4-15,28H,3,16H2,1-2H3/b26-15-/t28-/m1/s1. The molecule has 6 rings (SSSR count). The molecule has 13 heteroatoms. The fourth-order valence-electron chi connectivity index (χ4n) is 5.60. The number of benzene rings is 3. The molecule has 0 amide bonds. The number of nitrogens with zero attached hydrogens (tertiary/aromatic N) is 3. The third kappa shape index (κ3) is 5.79. The molecule has 0 saturated heterocycles. The Hall–Kier alpha value is -3.83. The highest BCUT2D eigenvalue weighted by atomic mass is 35.5.